The van der Waals surface area contributed by atoms with E-state index in [0.717, 1.165) is 30.6 Å². The lowest BCUT2D eigenvalue weighted by Crippen LogP contribution is -2.49. The minimum Gasteiger partial charge on any atom is -0.347 e. The highest BCUT2D eigenvalue weighted by Crippen LogP contribution is 2.30. The molecule has 3 N–H and O–H groups in total. The first-order chi connectivity index (χ1) is 12.9. The van der Waals surface area contributed by atoms with Crippen molar-refractivity contribution in [3.63, 3.8) is 0 Å². The third-order valence-electron chi connectivity index (χ3n) is 5.52. The van der Waals surface area contributed by atoms with Crippen LogP contribution < -0.4 is 16.0 Å². The minimum absolute atomic E-state index is 0. The van der Waals surface area contributed by atoms with Gasteiger partial charge in [0.2, 0.25) is 11.8 Å². The number of amides is 3. The van der Waals surface area contributed by atoms with Crippen LogP contribution in [0.3, 0.4) is 0 Å². The molecule has 2 heterocycles. The molecule has 0 aromatic heterocycles. The van der Waals surface area contributed by atoms with E-state index in [9.17, 15) is 14.4 Å². The van der Waals surface area contributed by atoms with Gasteiger partial charge in [-0.15, -0.1) is 12.4 Å². The number of fused-ring (bicyclic) bond motifs is 1. The molecule has 0 bridgehead atoms. The van der Waals surface area contributed by atoms with Crippen LogP contribution in [0.15, 0.2) is 18.2 Å². The number of likely N-dealkylation sites (tertiary alicyclic amines) is 1. The molecule has 2 aliphatic heterocycles. The zero-order valence-corrected chi connectivity index (χ0v) is 17.3. The third-order valence-corrected chi connectivity index (χ3v) is 5.52. The summed E-state index contributed by atoms with van der Waals surface area (Å²) >= 11 is 0. The number of anilines is 1. The highest BCUT2D eigenvalue weighted by molar-refractivity contribution is 6.00. The Morgan fingerprint density at radius 3 is 2.68 bits per heavy atom. The Labute approximate surface area is 172 Å². The van der Waals surface area contributed by atoms with Crippen molar-refractivity contribution < 1.29 is 14.4 Å². The van der Waals surface area contributed by atoms with Crippen LogP contribution in [0.1, 0.15) is 42.6 Å². The van der Waals surface area contributed by atoms with Crippen molar-refractivity contribution in [2.75, 3.05) is 31.1 Å². The average Bonchev–Trinajstić information content (AvgIpc) is 3.08. The molecule has 1 aromatic carbocycles. The van der Waals surface area contributed by atoms with Gasteiger partial charge in [0.1, 0.15) is 0 Å². The van der Waals surface area contributed by atoms with Crippen molar-refractivity contribution in [2.24, 2.45) is 11.7 Å². The van der Waals surface area contributed by atoms with Crippen molar-refractivity contribution in [1.82, 2.24) is 10.2 Å². The molecule has 2 atom stereocenters. The fourth-order valence-corrected chi connectivity index (χ4v) is 4.00. The summed E-state index contributed by atoms with van der Waals surface area (Å²) in [6.07, 6.45) is 2.65. The van der Waals surface area contributed by atoms with E-state index in [1.165, 1.54) is 6.92 Å². The number of carbonyl (C=O) groups is 3. The second kappa shape index (κ2) is 9.39. The summed E-state index contributed by atoms with van der Waals surface area (Å²) in [6, 6.07) is 5.61. The van der Waals surface area contributed by atoms with Gasteiger partial charge < -0.3 is 20.9 Å². The van der Waals surface area contributed by atoms with E-state index in [0.29, 0.717) is 31.0 Å². The molecule has 1 saturated heterocycles. The van der Waals surface area contributed by atoms with Crippen LogP contribution in [0.2, 0.25) is 0 Å². The van der Waals surface area contributed by atoms with Gasteiger partial charge in [0.25, 0.3) is 5.91 Å². The van der Waals surface area contributed by atoms with E-state index in [1.54, 1.807) is 11.0 Å². The Morgan fingerprint density at radius 1 is 1.25 bits per heavy atom. The highest BCUT2D eigenvalue weighted by Gasteiger charge is 2.31. The number of hydrogen-bond acceptors (Lipinski definition) is 4. The van der Waals surface area contributed by atoms with Gasteiger partial charge in [0.15, 0.2) is 0 Å². The molecule has 154 valence electrons. The maximum atomic E-state index is 13.0. The lowest BCUT2D eigenvalue weighted by atomic mass is 9.91. The monoisotopic (exact) mass is 408 g/mol. The maximum absolute atomic E-state index is 13.0. The molecule has 0 spiro atoms. The Hall–Kier alpha value is -2.12. The van der Waals surface area contributed by atoms with Gasteiger partial charge in [-0.1, -0.05) is 6.92 Å². The molecule has 3 amide bonds. The van der Waals surface area contributed by atoms with Crippen LogP contribution >= 0.6 is 12.4 Å². The second-order valence-electron chi connectivity index (χ2n) is 7.57. The predicted octanol–water partition coefficient (Wildman–Crippen LogP) is 1.33. The van der Waals surface area contributed by atoms with E-state index in [1.807, 2.05) is 17.0 Å². The Kier molecular flexibility index (Phi) is 7.43. The first-order valence-corrected chi connectivity index (χ1v) is 9.59. The summed E-state index contributed by atoms with van der Waals surface area (Å²) in [7, 11) is 0. The predicted molar refractivity (Wildman–Crippen MR) is 111 cm³/mol. The molecule has 1 fully saturated rings. The largest absolute Gasteiger partial charge is 0.347 e. The maximum Gasteiger partial charge on any atom is 0.254 e. The van der Waals surface area contributed by atoms with E-state index < -0.39 is 0 Å². The number of benzene rings is 1. The number of nitrogens with zero attached hydrogens (tertiary/aromatic N) is 2. The van der Waals surface area contributed by atoms with Crippen LogP contribution in [0.4, 0.5) is 5.69 Å². The number of nitrogens with one attached hydrogen (secondary N) is 1. The van der Waals surface area contributed by atoms with Gasteiger partial charge in [-0.3, -0.25) is 14.4 Å². The summed E-state index contributed by atoms with van der Waals surface area (Å²) in [5, 5.41) is 2.54. The molecule has 2 aliphatic rings. The van der Waals surface area contributed by atoms with Gasteiger partial charge in [0.05, 0.1) is 6.54 Å². The van der Waals surface area contributed by atoms with Gasteiger partial charge in [-0.2, -0.15) is 0 Å². The van der Waals surface area contributed by atoms with Gasteiger partial charge >= 0.3 is 0 Å². The third kappa shape index (κ3) is 4.64. The molecule has 0 radical (unpaired) electrons. The first kappa shape index (κ1) is 22.2. The highest BCUT2D eigenvalue weighted by atomic mass is 35.5. The molecule has 0 aliphatic carbocycles. The topological polar surface area (TPSA) is 95.7 Å². The molecule has 8 heteroatoms. The van der Waals surface area contributed by atoms with E-state index >= 15 is 0 Å². The Morgan fingerprint density at radius 2 is 2.00 bits per heavy atom. The van der Waals surface area contributed by atoms with Crippen molar-refractivity contribution in [2.45, 2.75) is 39.2 Å². The van der Waals surface area contributed by atoms with E-state index in [2.05, 4.69) is 12.2 Å². The first-order valence-electron chi connectivity index (χ1n) is 9.59. The molecule has 7 nitrogen and oxygen atoms in total. The summed E-state index contributed by atoms with van der Waals surface area (Å²) in [5.41, 5.74) is 8.36. The minimum atomic E-state index is -0.228. The van der Waals surface area contributed by atoms with Crippen LogP contribution in [-0.2, 0) is 16.0 Å². The van der Waals surface area contributed by atoms with Crippen LogP contribution in [0, 0.1) is 5.92 Å². The van der Waals surface area contributed by atoms with E-state index in [4.69, 9.17) is 5.73 Å². The zero-order valence-electron chi connectivity index (χ0n) is 16.4. The van der Waals surface area contributed by atoms with E-state index in [-0.39, 0.29) is 42.7 Å². The van der Waals surface area contributed by atoms with Crippen molar-refractivity contribution in [1.29, 1.82) is 0 Å². The Balaban J connectivity index is 0.00000280. The molecule has 28 heavy (non-hydrogen) atoms. The smallest absolute Gasteiger partial charge is 0.254 e. The normalized spacial score (nSPS) is 21.0. The second-order valence-corrected chi connectivity index (χ2v) is 7.57. The fraction of sp³-hybridized carbons (Fsp3) is 0.550. The number of carbonyl (C=O) groups excluding carboxylic acids is 3. The lowest BCUT2D eigenvalue weighted by molar-refractivity contribution is -0.123. The number of piperidine rings is 1. The van der Waals surface area contributed by atoms with Crippen molar-refractivity contribution in [3.8, 4) is 0 Å². The summed E-state index contributed by atoms with van der Waals surface area (Å²) < 4.78 is 0. The van der Waals surface area contributed by atoms with Crippen molar-refractivity contribution in [3.05, 3.63) is 29.3 Å². The fourth-order valence-electron chi connectivity index (χ4n) is 4.00. The quantitative estimate of drug-likeness (QED) is 0.785. The lowest BCUT2D eigenvalue weighted by Gasteiger charge is -2.38. The van der Waals surface area contributed by atoms with Crippen LogP contribution in [0.5, 0.6) is 0 Å². The average molecular weight is 409 g/mol. The Bertz CT molecular complexity index is 755. The molecular weight excluding hydrogens is 380 g/mol. The summed E-state index contributed by atoms with van der Waals surface area (Å²) in [6.45, 7) is 5.36. The number of halogens is 1. The summed E-state index contributed by atoms with van der Waals surface area (Å²) in [4.78, 5) is 39.9. The SMILES string of the molecule is CC(=O)NCC(=O)N1CCc2cc(C(=O)N3CCC(C)CC3CN)ccc21.Cl. The molecule has 1 aromatic rings. The molecular formula is C20H29ClN4O3. The van der Waals surface area contributed by atoms with Gasteiger partial charge in [-0.05, 0) is 48.9 Å². The van der Waals surface area contributed by atoms with Gasteiger partial charge in [0, 0.05) is 43.9 Å². The van der Waals surface area contributed by atoms with Crippen LogP contribution in [-0.4, -0.2) is 54.8 Å². The van der Waals surface area contributed by atoms with Crippen LogP contribution in [0.25, 0.3) is 0 Å². The summed E-state index contributed by atoms with van der Waals surface area (Å²) in [5.74, 6) is 0.235. The number of hydrogen-bond donors (Lipinski definition) is 2. The zero-order chi connectivity index (χ0) is 19.6. The van der Waals surface area contributed by atoms with Crippen molar-refractivity contribution >= 4 is 35.8 Å². The van der Waals surface area contributed by atoms with Gasteiger partial charge in [-0.25, -0.2) is 0 Å². The molecule has 2 unspecified atom stereocenters. The standard InChI is InChI=1S/C20H28N4O3.ClH/c1-13-5-7-23(17(9-13)11-21)20(27)16-3-4-18-15(10-16)6-8-24(18)19(26)12-22-14(2)25;/h3-4,10,13,17H,5-9,11-12,21H2,1-2H3,(H,22,25);1H. The molecule has 0 saturated carbocycles. The molecule has 3 rings (SSSR count). The number of rotatable bonds is 4. The number of nitrogens with two attached hydrogens (primary N) is 1.